The molecule has 3 heterocycles. The first kappa shape index (κ1) is 20.7. The third-order valence-corrected chi connectivity index (χ3v) is 6.15. The van der Waals surface area contributed by atoms with Gasteiger partial charge in [0, 0.05) is 11.8 Å². The normalized spacial score (nSPS) is 16.8. The molecule has 2 aromatic heterocycles. The van der Waals surface area contributed by atoms with Crippen molar-refractivity contribution in [2.45, 2.75) is 18.5 Å². The molecule has 4 rings (SSSR count). The van der Waals surface area contributed by atoms with Gasteiger partial charge in [0.2, 0.25) is 5.91 Å². The van der Waals surface area contributed by atoms with Crippen molar-refractivity contribution in [2.75, 3.05) is 5.32 Å². The molecule has 3 N–H and O–H groups in total. The van der Waals surface area contributed by atoms with E-state index < -0.39 is 35.9 Å². The molecule has 31 heavy (non-hydrogen) atoms. The highest BCUT2D eigenvalue weighted by Gasteiger charge is 2.45. The number of hydrogen-bond donors (Lipinski definition) is 3. The summed E-state index contributed by atoms with van der Waals surface area (Å²) < 4.78 is 0. The molecule has 1 saturated heterocycles. The highest BCUT2D eigenvalue weighted by atomic mass is 32.1. The molecule has 158 valence electrons. The number of hydrogen-bond acceptors (Lipinski definition) is 7. The van der Waals surface area contributed by atoms with Gasteiger partial charge in [-0.25, -0.2) is 19.5 Å². The number of aromatic carboxylic acids is 1. The summed E-state index contributed by atoms with van der Waals surface area (Å²) in [6.07, 6.45) is 0.0966. The topological polar surface area (TPSA) is 129 Å². The Bertz CT molecular complexity index is 1130. The molecule has 1 aliphatic heterocycles. The number of imide groups is 1. The first-order chi connectivity index (χ1) is 14.9. The zero-order valence-corrected chi connectivity index (χ0v) is 17.5. The molecule has 1 aromatic carbocycles. The van der Waals surface area contributed by atoms with Crippen LogP contribution >= 0.6 is 22.7 Å². The van der Waals surface area contributed by atoms with E-state index in [2.05, 4.69) is 15.6 Å². The van der Waals surface area contributed by atoms with Crippen LogP contribution in [-0.4, -0.2) is 44.8 Å². The van der Waals surface area contributed by atoms with Crippen LogP contribution in [0.25, 0.3) is 0 Å². The minimum atomic E-state index is -1.22. The smallest absolute Gasteiger partial charge is 0.355 e. The monoisotopic (exact) mass is 456 g/mol. The van der Waals surface area contributed by atoms with Crippen LogP contribution in [0.5, 0.6) is 0 Å². The van der Waals surface area contributed by atoms with Crippen LogP contribution < -0.4 is 10.6 Å². The summed E-state index contributed by atoms with van der Waals surface area (Å²) in [5, 5.41) is 19.1. The number of thiophene rings is 1. The van der Waals surface area contributed by atoms with Gasteiger partial charge in [0.25, 0.3) is 5.91 Å². The van der Waals surface area contributed by atoms with E-state index in [1.165, 1.54) is 16.7 Å². The van der Waals surface area contributed by atoms with Crippen LogP contribution in [0, 0.1) is 0 Å². The fourth-order valence-electron chi connectivity index (χ4n) is 3.21. The van der Waals surface area contributed by atoms with E-state index in [9.17, 15) is 19.2 Å². The minimum Gasteiger partial charge on any atom is -0.476 e. The molecule has 1 aliphatic rings. The lowest BCUT2D eigenvalue weighted by Gasteiger charge is -2.24. The molecule has 0 spiro atoms. The van der Waals surface area contributed by atoms with E-state index in [1.54, 1.807) is 41.1 Å². The lowest BCUT2D eigenvalue weighted by atomic mass is 10.0. The second-order valence-electron chi connectivity index (χ2n) is 6.69. The molecule has 1 fully saturated rings. The number of anilines is 1. The van der Waals surface area contributed by atoms with Crippen molar-refractivity contribution < 1.29 is 24.3 Å². The van der Waals surface area contributed by atoms with E-state index in [4.69, 9.17) is 5.11 Å². The van der Waals surface area contributed by atoms with Crippen molar-refractivity contribution in [3.63, 3.8) is 0 Å². The third-order valence-electron chi connectivity index (χ3n) is 4.69. The standard InChI is InChI=1S/C20H16N4O5S2/c25-16(23-19-21-13(10-31-19)18(27)28)14(8-11-4-2-1-3-5-11)24-17(26)15(22-20(24)29)12-6-7-30-9-12/h1-7,9-10,14-15H,8H2,(H,22,29)(H,27,28)(H,21,23,25)/t14-,15-/m0/s1. The number of nitrogens with one attached hydrogen (secondary N) is 2. The molecule has 0 radical (unpaired) electrons. The van der Waals surface area contributed by atoms with Crippen LogP contribution in [0.2, 0.25) is 0 Å². The van der Waals surface area contributed by atoms with E-state index >= 15 is 0 Å². The maximum atomic E-state index is 13.1. The quantitative estimate of drug-likeness (QED) is 0.469. The highest BCUT2D eigenvalue weighted by Crippen LogP contribution is 2.27. The fourth-order valence-corrected chi connectivity index (χ4v) is 4.58. The molecular formula is C20H16N4O5S2. The molecule has 3 aromatic rings. The van der Waals surface area contributed by atoms with Gasteiger partial charge in [-0.05, 0) is 28.0 Å². The number of rotatable bonds is 7. The molecule has 0 aliphatic carbocycles. The van der Waals surface area contributed by atoms with Gasteiger partial charge in [0.15, 0.2) is 10.8 Å². The summed E-state index contributed by atoms with van der Waals surface area (Å²) in [6, 6.07) is 8.08. The minimum absolute atomic E-state index is 0.0712. The van der Waals surface area contributed by atoms with Crippen molar-refractivity contribution in [1.29, 1.82) is 0 Å². The SMILES string of the molecule is O=C(O)c1csc(NC(=O)[C@H](Cc2ccccc2)N2C(=O)N[C@@H](c3ccsc3)C2=O)n1. The van der Waals surface area contributed by atoms with Crippen LogP contribution in [0.15, 0.2) is 52.5 Å². The molecule has 9 nitrogen and oxygen atoms in total. The van der Waals surface area contributed by atoms with Crippen molar-refractivity contribution in [2.24, 2.45) is 0 Å². The summed E-state index contributed by atoms with van der Waals surface area (Å²) in [5.74, 6) is -2.38. The number of urea groups is 1. The Morgan fingerprint density at radius 2 is 1.97 bits per heavy atom. The van der Waals surface area contributed by atoms with Crippen molar-refractivity contribution >= 4 is 51.6 Å². The van der Waals surface area contributed by atoms with Crippen LogP contribution in [0.4, 0.5) is 9.93 Å². The lowest BCUT2D eigenvalue weighted by Crippen LogP contribution is -2.49. The third kappa shape index (κ3) is 4.32. The Kier molecular flexibility index (Phi) is 5.78. The molecule has 0 unspecified atom stereocenters. The number of amides is 4. The summed E-state index contributed by atoms with van der Waals surface area (Å²) in [7, 11) is 0. The number of nitrogens with zero attached hydrogens (tertiary/aromatic N) is 2. The van der Waals surface area contributed by atoms with Gasteiger partial charge < -0.3 is 15.7 Å². The number of carbonyl (C=O) groups excluding carboxylic acids is 3. The molecule has 0 bridgehead atoms. The lowest BCUT2D eigenvalue weighted by molar-refractivity contribution is -0.134. The Morgan fingerprint density at radius 3 is 2.61 bits per heavy atom. The number of thiazole rings is 1. The van der Waals surface area contributed by atoms with E-state index in [1.807, 2.05) is 6.07 Å². The second kappa shape index (κ2) is 8.66. The first-order valence-corrected chi connectivity index (χ1v) is 11.0. The predicted molar refractivity (Wildman–Crippen MR) is 114 cm³/mol. The Morgan fingerprint density at radius 1 is 1.19 bits per heavy atom. The van der Waals surface area contributed by atoms with E-state index in [0.29, 0.717) is 5.56 Å². The largest absolute Gasteiger partial charge is 0.476 e. The average Bonchev–Trinajstić information content (AvgIpc) is 3.49. The Balaban J connectivity index is 1.62. The van der Waals surface area contributed by atoms with Crippen LogP contribution in [0.3, 0.4) is 0 Å². The van der Waals surface area contributed by atoms with Gasteiger partial charge in [0.1, 0.15) is 12.1 Å². The first-order valence-electron chi connectivity index (χ1n) is 9.13. The Labute approximate surface area is 184 Å². The number of benzene rings is 1. The molecule has 4 amide bonds. The van der Waals surface area contributed by atoms with E-state index in [0.717, 1.165) is 21.8 Å². The van der Waals surface area contributed by atoms with E-state index in [-0.39, 0.29) is 17.2 Å². The maximum absolute atomic E-state index is 13.1. The Hall–Kier alpha value is -3.57. The summed E-state index contributed by atoms with van der Waals surface area (Å²) in [6.45, 7) is 0. The van der Waals surface area contributed by atoms with Crippen molar-refractivity contribution in [1.82, 2.24) is 15.2 Å². The zero-order chi connectivity index (χ0) is 22.0. The van der Waals surface area contributed by atoms with Gasteiger partial charge in [-0.1, -0.05) is 30.3 Å². The van der Waals surface area contributed by atoms with Crippen LogP contribution in [-0.2, 0) is 16.0 Å². The number of carboxylic acids is 1. The highest BCUT2D eigenvalue weighted by molar-refractivity contribution is 7.14. The van der Waals surface area contributed by atoms with Crippen LogP contribution in [0.1, 0.15) is 27.7 Å². The predicted octanol–water partition coefficient (Wildman–Crippen LogP) is 2.75. The maximum Gasteiger partial charge on any atom is 0.355 e. The van der Waals surface area contributed by atoms with Gasteiger partial charge in [-0.2, -0.15) is 11.3 Å². The number of carbonyl (C=O) groups is 4. The summed E-state index contributed by atoms with van der Waals surface area (Å²) in [4.78, 5) is 54.7. The van der Waals surface area contributed by atoms with Crippen molar-refractivity contribution in [3.8, 4) is 0 Å². The van der Waals surface area contributed by atoms with Crippen molar-refractivity contribution in [3.05, 3.63) is 69.4 Å². The fraction of sp³-hybridized carbons (Fsp3) is 0.150. The van der Waals surface area contributed by atoms with Gasteiger partial charge in [-0.15, -0.1) is 11.3 Å². The zero-order valence-electron chi connectivity index (χ0n) is 15.8. The number of aromatic nitrogens is 1. The molecular weight excluding hydrogens is 440 g/mol. The molecule has 11 heteroatoms. The second-order valence-corrected chi connectivity index (χ2v) is 8.32. The van der Waals surface area contributed by atoms with Gasteiger partial charge in [-0.3, -0.25) is 9.59 Å². The molecule has 0 saturated carbocycles. The van der Waals surface area contributed by atoms with Gasteiger partial charge in [0.05, 0.1) is 0 Å². The number of carboxylic acid groups (broad SMARTS) is 1. The molecule has 2 atom stereocenters. The summed E-state index contributed by atoms with van der Waals surface area (Å²) in [5.41, 5.74) is 1.20. The van der Waals surface area contributed by atoms with Gasteiger partial charge >= 0.3 is 12.0 Å². The average molecular weight is 457 g/mol. The summed E-state index contributed by atoms with van der Waals surface area (Å²) >= 11 is 2.34.